The lowest BCUT2D eigenvalue weighted by Gasteiger charge is -2.38. The Kier molecular flexibility index (Phi) is 6.70. The number of hydrogen-bond donors (Lipinski definition) is 3. The van der Waals surface area contributed by atoms with Crippen molar-refractivity contribution in [3.63, 3.8) is 0 Å². The molecule has 0 radical (unpaired) electrons. The van der Waals surface area contributed by atoms with Gasteiger partial charge in [0, 0.05) is 36.8 Å². The van der Waals surface area contributed by atoms with Gasteiger partial charge in [-0.3, -0.25) is 14.8 Å². The van der Waals surface area contributed by atoms with E-state index in [1.807, 2.05) is 24.3 Å². The minimum absolute atomic E-state index is 0.228. The molecule has 0 unspecified atom stereocenters. The van der Waals surface area contributed by atoms with Crippen LogP contribution in [-0.2, 0) is 6.54 Å². The highest BCUT2D eigenvalue weighted by molar-refractivity contribution is 6.33. The number of hydrogen-bond acceptors (Lipinski definition) is 4. The number of benzene rings is 2. The molecule has 0 bridgehead atoms. The highest BCUT2D eigenvalue weighted by Gasteiger charge is 2.32. The molecule has 7 heteroatoms. The lowest BCUT2D eigenvalue weighted by atomic mass is 9.88. The first-order chi connectivity index (χ1) is 15.0. The smallest absolute Gasteiger partial charge is 0.255 e. The predicted octanol–water partition coefficient (Wildman–Crippen LogP) is 3.88. The van der Waals surface area contributed by atoms with E-state index in [0.29, 0.717) is 42.1 Å². The number of piperidine rings is 1. The van der Waals surface area contributed by atoms with Crippen molar-refractivity contribution in [1.82, 2.24) is 20.4 Å². The number of carbonyl (C=O) groups is 1. The molecule has 1 amide bonds. The van der Waals surface area contributed by atoms with Gasteiger partial charge in [0.25, 0.3) is 5.91 Å². The maximum absolute atomic E-state index is 12.7. The van der Waals surface area contributed by atoms with Gasteiger partial charge in [-0.05, 0) is 30.9 Å². The number of carbonyl (C=O) groups excluding carboxylic acids is 1. The summed E-state index contributed by atoms with van der Waals surface area (Å²) in [4.78, 5) is 15.1. The van der Waals surface area contributed by atoms with Gasteiger partial charge in [0.15, 0.2) is 0 Å². The summed E-state index contributed by atoms with van der Waals surface area (Å²) in [6.45, 7) is 3.00. The quantitative estimate of drug-likeness (QED) is 0.523. The zero-order chi connectivity index (χ0) is 21.7. The summed E-state index contributed by atoms with van der Waals surface area (Å²) >= 11 is 6.26. The Balaban J connectivity index is 1.28. The van der Waals surface area contributed by atoms with Crippen LogP contribution in [0.15, 0.2) is 60.8 Å². The van der Waals surface area contributed by atoms with Crippen molar-refractivity contribution in [2.45, 2.75) is 31.4 Å². The molecule has 1 aliphatic rings. The zero-order valence-electron chi connectivity index (χ0n) is 17.4. The number of rotatable bonds is 7. The molecule has 2 aromatic carbocycles. The summed E-state index contributed by atoms with van der Waals surface area (Å²) in [5, 5.41) is 21.3. The van der Waals surface area contributed by atoms with E-state index in [2.05, 4.69) is 44.7 Å². The van der Waals surface area contributed by atoms with Crippen LogP contribution in [0.2, 0.25) is 5.02 Å². The third kappa shape index (κ3) is 5.34. The first-order valence-electron chi connectivity index (χ1n) is 10.6. The molecule has 1 aliphatic heterocycles. The number of likely N-dealkylation sites (tertiary alicyclic amines) is 1. The van der Waals surface area contributed by atoms with Crippen LogP contribution in [0.3, 0.4) is 0 Å². The largest absolute Gasteiger partial charge is 0.390 e. The molecule has 0 saturated carbocycles. The molecule has 162 valence electrons. The molecular formula is C24H27ClN4O2. The summed E-state index contributed by atoms with van der Waals surface area (Å²) in [6, 6.07) is 17.7. The van der Waals surface area contributed by atoms with Crippen molar-refractivity contribution in [2.75, 3.05) is 19.6 Å². The van der Waals surface area contributed by atoms with Crippen LogP contribution >= 0.6 is 11.6 Å². The lowest BCUT2D eigenvalue weighted by Crippen LogP contribution is -2.45. The lowest BCUT2D eigenvalue weighted by molar-refractivity contribution is -0.0284. The first kappa shape index (κ1) is 21.6. The van der Waals surface area contributed by atoms with Gasteiger partial charge >= 0.3 is 0 Å². The molecule has 4 rings (SSSR count). The fourth-order valence-corrected chi connectivity index (χ4v) is 4.28. The number of aromatic amines is 1. The number of amides is 1. The highest BCUT2D eigenvalue weighted by atomic mass is 35.5. The summed E-state index contributed by atoms with van der Waals surface area (Å²) in [5.74, 6) is -0.228. The van der Waals surface area contributed by atoms with Gasteiger partial charge < -0.3 is 10.4 Å². The molecule has 31 heavy (non-hydrogen) atoms. The minimum Gasteiger partial charge on any atom is -0.390 e. The molecule has 1 aromatic heterocycles. The molecule has 0 atom stereocenters. The van der Waals surface area contributed by atoms with E-state index in [4.69, 9.17) is 11.6 Å². The number of nitrogens with zero attached hydrogens (tertiary/aromatic N) is 2. The molecule has 1 saturated heterocycles. The molecule has 0 spiro atoms. The maximum atomic E-state index is 12.7. The van der Waals surface area contributed by atoms with Crippen LogP contribution < -0.4 is 5.32 Å². The van der Waals surface area contributed by atoms with Crippen LogP contribution in [0, 0.1) is 0 Å². The van der Waals surface area contributed by atoms with E-state index < -0.39 is 5.60 Å². The SMILES string of the molecule is O=C(NCCC1(O)CCN(Cc2ccccc2)CC1)c1cn[nH]c1-c1ccccc1Cl. The van der Waals surface area contributed by atoms with Crippen molar-refractivity contribution in [2.24, 2.45) is 0 Å². The fraction of sp³-hybridized carbons (Fsp3) is 0.333. The second-order valence-corrected chi connectivity index (χ2v) is 8.54. The van der Waals surface area contributed by atoms with Crippen LogP contribution in [0.1, 0.15) is 35.2 Å². The third-order valence-corrected chi connectivity index (χ3v) is 6.27. The molecule has 0 aliphatic carbocycles. The van der Waals surface area contributed by atoms with E-state index in [0.717, 1.165) is 25.2 Å². The number of halogens is 1. The second kappa shape index (κ2) is 9.64. The molecule has 6 nitrogen and oxygen atoms in total. The van der Waals surface area contributed by atoms with E-state index in [1.54, 1.807) is 6.07 Å². The molecular weight excluding hydrogens is 412 g/mol. The molecule has 3 N–H and O–H groups in total. The van der Waals surface area contributed by atoms with Crippen LogP contribution in [0.4, 0.5) is 0 Å². The van der Waals surface area contributed by atoms with Crippen LogP contribution in [0.25, 0.3) is 11.3 Å². The third-order valence-electron chi connectivity index (χ3n) is 5.94. The summed E-state index contributed by atoms with van der Waals surface area (Å²) in [6.07, 6.45) is 3.43. The Labute approximate surface area is 187 Å². The van der Waals surface area contributed by atoms with Gasteiger partial charge in [-0.15, -0.1) is 0 Å². The van der Waals surface area contributed by atoms with Crippen LogP contribution in [-0.4, -0.2) is 51.3 Å². The van der Waals surface area contributed by atoms with Gasteiger partial charge in [-0.2, -0.15) is 5.10 Å². The number of aliphatic hydroxyl groups is 1. The Hall–Kier alpha value is -2.67. The summed E-state index contributed by atoms with van der Waals surface area (Å²) in [7, 11) is 0. The van der Waals surface area contributed by atoms with Gasteiger partial charge in [-0.25, -0.2) is 0 Å². The topological polar surface area (TPSA) is 81.2 Å². The Morgan fingerprint density at radius 3 is 2.58 bits per heavy atom. The highest BCUT2D eigenvalue weighted by Crippen LogP contribution is 2.29. The van der Waals surface area contributed by atoms with Crippen LogP contribution in [0.5, 0.6) is 0 Å². The summed E-state index contributed by atoms with van der Waals surface area (Å²) < 4.78 is 0. The predicted molar refractivity (Wildman–Crippen MR) is 122 cm³/mol. The van der Waals surface area contributed by atoms with E-state index in [9.17, 15) is 9.90 Å². The first-order valence-corrected chi connectivity index (χ1v) is 11.0. The number of aromatic nitrogens is 2. The van der Waals surface area contributed by atoms with Crippen molar-refractivity contribution < 1.29 is 9.90 Å². The zero-order valence-corrected chi connectivity index (χ0v) is 18.1. The number of H-pyrrole nitrogens is 1. The standard InChI is InChI=1S/C24H27ClN4O2/c25-21-9-5-4-8-19(21)22-20(16-27-28-22)23(30)26-13-10-24(31)11-14-29(15-12-24)17-18-6-2-1-3-7-18/h1-9,16,31H,10-15,17H2,(H,26,30)(H,27,28). The van der Waals surface area contributed by atoms with E-state index >= 15 is 0 Å². The van der Waals surface area contributed by atoms with Crippen molar-refractivity contribution in [3.05, 3.63) is 76.9 Å². The average Bonchev–Trinajstić information content (AvgIpc) is 3.26. The van der Waals surface area contributed by atoms with Gasteiger partial charge in [0.05, 0.1) is 23.1 Å². The molecule has 3 aromatic rings. The Bertz CT molecular complexity index is 1010. The monoisotopic (exact) mass is 438 g/mol. The normalized spacial score (nSPS) is 16.2. The van der Waals surface area contributed by atoms with Gasteiger partial charge in [0.1, 0.15) is 0 Å². The minimum atomic E-state index is -0.748. The van der Waals surface area contributed by atoms with Crippen molar-refractivity contribution >= 4 is 17.5 Å². The molecule has 1 fully saturated rings. The molecule has 2 heterocycles. The Morgan fingerprint density at radius 1 is 1.13 bits per heavy atom. The maximum Gasteiger partial charge on any atom is 0.255 e. The van der Waals surface area contributed by atoms with Gasteiger partial charge in [0.2, 0.25) is 0 Å². The Morgan fingerprint density at radius 2 is 1.84 bits per heavy atom. The fourth-order valence-electron chi connectivity index (χ4n) is 4.05. The van der Waals surface area contributed by atoms with Gasteiger partial charge in [-0.1, -0.05) is 60.1 Å². The average molecular weight is 439 g/mol. The second-order valence-electron chi connectivity index (χ2n) is 8.13. The summed E-state index contributed by atoms with van der Waals surface area (Å²) in [5.41, 5.74) is 2.31. The number of nitrogens with one attached hydrogen (secondary N) is 2. The van der Waals surface area contributed by atoms with E-state index in [-0.39, 0.29) is 5.91 Å². The van der Waals surface area contributed by atoms with Crippen molar-refractivity contribution in [3.8, 4) is 11.3 Å². The van der Waals surface area contributed by atoms with Crippen molar-refractivity contribution in [1.29, 1.82) is 0 Å². The van der Waals surface area contributed by atoms with E-state index in [1.165, 1.54) is 11.8 Å².